The van der Waals surface area contributed by atoms with Gasteiger partial charge < -0.3 is 5.32 Å². The number of hydrogen-bond donors (Lipinski definition) is 1. The standard InChI is InChI=1S/C15H23NO/c1-4-10-15(3,11-5-2)13-6-8-14(9-7-13)16-12-17/h6-9,12H,4-5,10-11H2,1-3H3,(H,16,17). The van der Waals surface area contributed by atoms with Crippen molar-refractivity contribution in [3.05, 3.63) is 29.8 Å². The maximum Gasteiger partial charge on any atom is 0.211 e. The highest BCUT2D eigenvalue weighted by Gasteiger charge is 2.24. The Morgan fingerprint density at radius 2 is 1.65 bits per heavy atom. The summed E-state index contributed by atoms with van der Waals surface area (Å²) in [5.41, 5.74) is 2.50. The lowest BCUT2D eigenvalue weighted by atomic mass is 9.75. The average Bonchev–Trinajstić information content (AvgIpc) is 2.31. The highest BCUT2D eigenvalue weighted by atomic mass is 16.1. The van der Waals surface area contributed by atoms with E-state index in [0.717, 1.165) is 5.69 Å². The Kier molecular flexibility index (Phi) is 5.20. The number of carbonyl (C=O) groups is 1. The van der Waals surface area contributed by atoms with Gasteiger partial charge >= 0.3 is 0 Å². The van der Waals surface area contributed by atoms with Crippen molar-refractivity contribution >= 4 is 12.1 Å². The van der Waals surface area contributed by atoms with Gasteiger partial charge in [-0.25, -0.2) is 0 Å². The minimum Gasteiger partial charge on any atom is -0.329 e. The van der Waals surface area contributed by atoms with Gasteiger partial charge in [0.15, 0.2) is 0 Å². The Balaban J connectivity index is 2.90. The Bertz CT molecular complexity index is 336. The Morgan fingerprint density at radius 1 is 1.12 bits per heavy atom. The smallest absolute Gasteiger partial charge is 0.211 e. The van der Waals surface area contributed by atoms with Gasteiger partial charge in [0.1, 0.15) is 0 Å². The number of nitrogens with one attached hydrogen (secondary N) is 1. The molecule has 0 saturated heterocycles. The predicted molar refractivity (Wildman–Crippen MR) is 73.3 cm³/mol. The largest absolute Gasteiger partial charge is 0.329 e. The van der Waals surface area contributed by atoms with E-state index in [1.807, 2.05) is 12.1 Å². The normalized spacial score (nSPS) is 11.2. The molecule has 1 aromatic carbocycles. The van der Waals surface area contributed by atoms with Crippen LogP contribution in [0.3, 0.4) is 0 Å². The molecule has 0 saturated carbocycles. The van der Waals surface area contributed by atoms with E-state index in [1.165, 1.54) is 31.2 Å². The summed E-state index contributed by atoms with van der Waals surface area (Å²) >= 11 is 0. The maximum absolute atomic E-state index is 10.3. The Hall–Kier alpha value is -1.31. The van der Waals surface area contributed by atoms with Crippen molar-refractivity contribution in [2.24, 2.45) is 0 Å². The van der Waals surface area contributed by atoms with Crippen LogP contribution in [-0.4, -0.2) is 6.41 Å². The summed E-state index contributed by atoms with van der Waals surface area (Å²) < 4.78 is 0. The van der Waals surface area contributed by atoms with Crippen LogP contribution in [-0.2, 0) is 10.2 Å². The van der Waals surface area contributed by atoms with Crippen LogP contribution in [0.1, 0.15) is 52.0 Å². The maximum atomic E-state index is 10.3. The van der Waals surface area contributed by atoms with E-state index < -0.39 is 0 Å². The molecule has 2 nitrogen and oxygen atoms in total. The molecule has 0 bridgehead atoms. The van der Waals surface area contributed by atoms with Gasteiger partial charge in [0.25, 0.3) is 0 Å². The van der Waals surface area contributed by atoms with E-state index in [0.29, 0.717) is 6.41 Å². The van der Waals surface area contributed by atoms with Crippen LogP contribution < -0.4 is 5.32 Å². The van der Waals surface area contributed by atoms with Crippen molar-refractivity contribution in [1.82, 2.24) is 0 Å². The number of anilines is 1. The molecule has 94 valence electrons. The van der Waals surface area contributed by atoms with Gasteiger partial charge in [-0.1, -0.05) is 45.7 Å². The van der Waals surface area contributed by atoms with Crippen molar-refractivity contribution in [2.75, 3.05) is 5.32 Å². The lowest BCUT2D eigenvalue weighted by Gasteiger charge is -2.30. The first-order valence-electron chi connectivity index (χ1n) is 6.47. The van der Waals surface area contributed by atoms with E-state index in [-0.39, 0.29) is 5.41 Å². The third-order valence-corrected chi connectivity index (χ3v) is 3.41. The van der Waals surface area contributed by atoms with Crippen molar-refractivity contribution in [3.8, 4) is 0 Å². The average molecular weight is 233 g/mol. The fraction of sp³-hybridized carbons (Fsp3) is 0.533. The SMILES string of the molecule is CCCC(C)(CCC)c1ccc(NC=O)cc1. The topological polar surface area (TPSA) is 29.1 Å². The fourth-order valence-corrected chi connectivity index (χ4v) is 2.55. The molecule has 0 unspecified atom stereocenters. The van der Waals surface area contributed by atoms with Crippen LogP contribution >= 0.6 is 0 Å². The molecule has 0 radical (unpaired) electrons. The van der Waals surface area contributed by atoms with Crippen LogP contribution in [0.15, 0.2) is 24.3 Å². The minimum atomic E-state index is 0.267. The second-order valence-corrected chi connectivity index (χ2v) is 4.90. The lowest BCUT2D eigenvalue weighted by Crippen LogP contribution is -2.21. The number of benzene rings is 1. The quantitative estimate of drug-likeness (QED) is 0.705. The molecule has 1 rings (SSSR count). The predicted octanol–water partition coefficient (Wildman–Crippen LogP) is 4.11. The van der Waals surface area contributed by atoms with Gasteiger partial charge in [0, 0.05) is 5.69 Å². The van der Waals surface area contributed by atoms with Crippen molar-refractivity contribution in [2.45, 2.75) is 51.9 Å². The van der Waals surface area contributed by atoms with Gasteiger partial charge in [-0.3, -0.25) is 4.79 Å². The molecule has 0 aliphatic carbocycles. The van der Waals surface area contributed by atoms with E-state index in [9.17, 15) is 4.79 Å². The molecule has 0 atom stereocenters. The third-order valence-electron chi connectivity index (χ3n) is 3.41. The molecule has 0 aliphatic rings. The second-order valence-electron chi connectivity index (χ2n) is 4.90. The number of rotatable bonds is 7. The first-order chi connectivity index (χ1) is 8.16. The monoisotopic (exact) mass is 233 g/mol. The van der Waals surface area contributed by atoms with Crippen molar-refractivity contribution < 1.29 is 4.79 Å². The van der Waals surface area contributed by atoms with Crippen LogP contribution in [0, 0.1) is 0 Å². The zero-order valence-corrected chi connectivity index (χ0v) is 11.1. The number of amides is 1. The van der Waals surface area contributed by atoms with Gasteiger partial charge in [0.05, 0.1) is 0 Å². The molecule has 0 heterocycles. The first-order valence-corrected chi connectivity index (χ1v) is 6.47. The summed E-state index contributed by atoms with van der Waals surface area (Å²) in [6, 6.07) is 8.23. The van der Waals surface area contributed by atoms with Gasteiger partial charge in [-0.2, -0.15) is 0 Å². The molecule has 1 N–H and O–H groups in total. The molecule has 0 spiro atoms. The minimum absolute atomic E-state index is 0.267. The number of hydrogen-bond acceptors (Lipinski definition) is 1. The second kappa shape index (κ2) is 6.43. The zero-order chi connectivity index (χ0) is 12.7. The molecule has 0 aromatic heterocycles. The molecule has 0 aliphatic heterocycles. The van der Waals surface area contributed by atoms with Crippen LogP contribution in [0.2, 0.25) is 0 Å². The molecule has 2 heteroatoms. The van der Waals surface area contributed by atoms with Crippen molar-refractivity contribution in [3.63, 3.8) is 0 Å². The molecular formula is C15H23NO. The Morgan fingerprint density at radius 3 is 2.06 bits per heavy atom. The third kappa shape index (κ3) is 3.58. The fourth-order valence-electron chi connectivity index (χ4n) is 2.55. The Labute approximate surface area is 104 Å². The van der Waals surface area contributed by atoms with Gasteiger partial charge in [0.2, 0.25) is 6.41 Å². The summed E-state index contributed by atoms with van der Waals surface area (Å²) in [5.74, 6) is 0. The molecule has 1 amide bonds. The summed E-state index contributed by atoms with van der Waals surface area (Å²) in [7, 11) is 0. The van der Waals surface area contributed by atoms with Crippen molar-refractivity contribution in [1.29, 1.82) is 0 Å². The van der Waals surface area contributed by atoms with Crippen LogP contribution in [0.4, 0.5) is 5.69 Å². The van der Waals surface area contributed by atoms with E-state index >= 15 is 0 Å². The summed E-state index contributed by atoms with van der Waals surface area (Å²) in [6.07, 6.45) is 5.53. The molecular weight excluding hydrogens is 210 g/mol. The summed E-state index contributed by atoms with van der Waals surface area (Å²) in [4.78, 5) is 10.3. The lowest BCUT2D eigenvalue weighted by molar-refractivity contribution is -0.105. The highest BCUT2D eigenvalue weighted by molar-refractivity contribution is 5.71. The molecule has 1 aromatic rings. The first kappa shape index (κ1) is 13.8. The molecule has 0 fully saturated rings. The van der Waals surface area contributed by atoms with Crippen LogP contribution in [0.5, 0.6) is 0 Å². The molecule has 17 heavy (non-hydrogen) atoms. The van der Waals surface area contributed by atoms with E-state index in [4.69, 9.17) is 0 Å². The van der Waals surface area contributed by atoms with E-state index in [1.54, 1.807) is 0 Å². The summed E-state index contributed by atoms with van der Waals surface area (Å²) in [6.45, 7) is 6.80. The van der Waals surface area contributed by atoms with E-state index in [2.05, 4.69) is 38.2 Å². The number of carbonyl (C=O) groups excluding carboxylic acids is 1. The van der Waals surface area contributed by atoms with Gasteiger partial charge in [-0.15, -0.1) is 0 Å². The van der Waals surface area contributed by atoms with Crippen LogP contribution in [0.25, 0.3) is 0 Å². The van der Waals surface area contributed by atoms with Gasteiger partial charge in [-0.05, 0) is 36.0 Å². The zero-order valence-electron chi connectivity index (χ0n) is 11.1. The highest BCUT2D eigenvalue weighted by Crippen LogP contribution is 2.34. The summed E-state index contributed by atoms with van der Waals surface area (Å²) in [5, 5.41) is 2.67.